The molecule has 1 aromatic carbocycles. The lowest BCUT2D eigenvalue weighted by atomic mass is 9.90. The first-order valence-corrected chi connectivity index (χ1v) is 7.19. The van der Waals surface area contributed by atoms with Gasteiger partial charge in [0.2, 0.25) is 0 Å². The summed E-state index contributed by atoms with van der Waals surface area (Å²) in [7, 11) is 0. The summed E-state index contributed by atoms with van der Waals surface area (Å²) in [6.07, 6.45) is 1.63. The van der Waals surface area contributed by atoms with Crippen molar-refractivity contribution in [1.82, 2.24) is 4.90 Å². The Balaban J connectivity index is 1.86. The Labute approximate surface area is 125 Å². The van der Waals surface area contributed by atoms with E-state index < -0.39 is 11.9 Å². The molecule has 5 heteroatoms. The molecule has 1 aliphatic heterocycles. The number of carboxylic acids is 1. The summed E-state index contributed by atoms with van der Waals surface area (Å²) in [6, 6.07) is 9.60. The van der Waals surface area contributed by atoms with Crippen LogP contribution in [0.1, 0.15) is 22.8 Å². The van der Waals surface area contributed by atoms with Crippen molar-refractivity contribution in [3.8, 4) is 0 Å². The van der Waals surface area contributed by atoms with Crippen LogP contribution < -0.4 is 0 Å². The molecule has 0 aliphatic carbocycles. The number of hydrogen-bond acceptors (Lipinski definition) is 3. The van der Waals surface area contributed by atoms with Gasteiger partial charge in [0, 0.05) is 13.1 Å². The molecule has 1 aliphatic rings. The van der Waals surface area contributed by atoms with Crippen molar-refractivity contribution in [3.63, 3.8) is 0 Å². The lowest BCUT2D eigenvalue weighted by Crippen LogP contribution is -2.36. The summed E-state index contributed by atoms with van der Waals surface area (Å²) >= 11 is 3.43. The van der Waals surface area contributed by atoms with E-state index in [1.807, 2.05) is 30.3 Å². The number of furan rings is 1. The normalized spacial score (nSPS) is 18.8. The second-order valence-electron chi connectivity index (χ2n) is 4.95. The van der Waals surface area contributed by atoms with Crippen LogP contribution in [0.5, 0.6) is 0 Å². The van der Waals surface area contributed by atoms with E-state index in [9.17, 15) is 9.90 Å². The monoisotopic (exact) mass is 335 g/mol. The molecule has 4 nitrogen and oxygen atoms in total. The molecule has 0 spiro atoms. The molecule has 0 fully saturated rings. The van der Waals surface area contributed by atoms with Gasteiger partial charge in [-0.15, -0.1) is 0 Å². The second-order valence-corrected chi connectivity index (χ2v) is 5.81. The highest BCUT2D eigenvalue weighted by Gasteiger charge is 2.30. The number of fused-ring (bicyclic) bond motifs is 1. The van der Waals surface area contributed by atoms with Crippen molar-refractivity contribution in [2.45, 2.75) is 19.0 Å². The Kier molecular flexibility index (Phi) is 3.63. The Morgan fingerprint density at radius 1 is 1.40 bits per heavy atom. The SMILES string of the molecule is O=C(O)C1CN(Cc2occc2Br)Cc2ccccc21. The first-order valence-electron chi connectivity index (χ1n) is 6.40. The number of hydrogen-bond donors (Lipinski definition) is 1. The van der Waals surface area contributed by atoms with Crippen LogP contribution in [0, 0.1) is 0 Å². The molecule has 0 amide bonds. The topological polar surface area (TPSA) is 53.7 Å². The van der Waals surface area contributed by atoms with Crippen LogP contribution in [-0.4, -0.2) is 22.5 Å². The van der Waals surface area contributed by atoms with Crippen molar-refractivity contribution in [1.29, 1.82) is 0 Å². The Morgan fingerprint density at radius 2 is 2.20 bits per heavy atom. The molecule has 2 heterocycles. The van der Waals surface area contributed by atoms with E-state index in [0.717, 1.165) is 27.9 Å². The van der Waals surface area contributed by atoms with Crippen LogP contribution in [0.25, 0.3) is 0 Å². The van der Waals surface area contributed by atoms with Gasteiger partial charge in [0.05, 0.1) is 23.2 Å². The number of nitrogens with zero attached hydrogens (tertiary/aromatic N) is 1. The lowest BCUT2D eigenvalue weighted by Gasteiger charge is -2.32. The molecule has 1 atom stereocenters. The average Bonchev–Trinajstić information content (AvgIpc) is 2.83. The zero-order chi connectivity index (χ0) is 14.1. The highest BCUT2D eigenvalue weighted by atomic mass is 79.9. The maximum Gasteiger partial charge on any atom is 0.312 e. The zero-order valence-electron chi connectivity index (χ0n) is 10.8. The highest BCUT2D eigenvalue weighted by Crippen LogP contribution is 2.30. The van der Waals surface area contributed by atoms with Crippen molar-refractivity contribution in [2.75, 3.05) is 6.54 Å². The van der Waals surface area contributed by atoms with Crippen LogP contribution in [0.4, 0.5) is 0 Å². The molecule has 0 bridgehead atoms. The summed E-state index contributed by atoms with van der Waals surface area (Å²) in [6.45, 7) is 1.85. The Hall–Kier alpha value is -1.59. The number of aliphatic carboxylic acids is 1. The number of carbonyl (C=O) groups is 1. The maximum absolute atomic E-state index is 11.5. The van der Waals surface area contributed by atoms with Crippen LogP contribution in [0.15, 0.2) is 45.5 Å². The maximum atomic E-state index is 11.5. The molecule has 1 aromatic heterocycles. The van der Waals surface area contributed by atoms with Gasteiger partial charge in [-0.25, -0.2) is 0 Å². The fourth-order valence-electron chi connectivity index (χ4n) is 2.65. The predicted octanol–water partition coefficient (Wildman–Crippen LogP) is 3.23. The second kappa shape index (κ2) is 5.42. The van der Waals surface area contributed by atoms with E-state index in [1.54, 1.807) is 6.26 Å². The van der Waals surface area contributed by atoms with Crippen LogP contribution in [0.3, 0.4) is 0 Å². The molecule has 1 N–H and O–H groups in total. The molecule has 0 radical (unpaired) electrons. The minimum atomic E-state index is -0.777. The standard InChI is InChI=1S/C15H14BrNO3/c16-13-5-6-20-14(13)9-17-7-10-3-1-2-4-11(10)12(8-17)15(18)19/h1-6,12H,7-9H2,(H,18,19). The Morgan fingerprint density at radius 3 is 2.90 bits per heavy atom. The molecule has 20 heavy (non-hydrogen) atoms. The van der Waals surface area contributed by atoms with Crippen molar-refractivity contribution >= 4 is 21.9 Å². The van der Waals surface area contributed by atoms with E-state index in [4.69, 9.17) is 4.42 Å². The van der Waals surface area contributed by atoms with Gasteiger partial charge in [-0.05, 0) is 33.1 Å². The van der Waals surface area contributed by atoms with Crippen LogP contribution >= 0.6 is 15.9 Å². The zero-order valence-corrected chi connectivity index (χ0v) is 12.3. The predicted molar refractivity (Wildman–Crippen MR) is 77.3 cm³/mol. The summed E-state index contributed by atoms with van der Waals surface area (Å²) in [5, 5.41) is 9.42. The van der Waals surface area contributed by atoms with E-state index in [0.29, 0.717) is 13.1 Å². The van der Waals surface area contributed by atoms with Gasteiger partial charge >= 0.3 is 5.97 Å². The van der Waals surface area contributed by atoms with Crippen molar-refractivity contribution in [2.24, 2.45) is 0 Å². The number of benzene rings is 1. The molecule has 2 aromatic rings. The molecule has 1 unspecified atom stereocenters. The highest BCUT2D eigenvalue weighted by molar-refractivity contribution is 9.10. The van der Waals surface area contributed by atoms with Gasteiger partial charge in [0.1, 0.15) is 5.76 Å². The van der Waals surface area contributed by atoms with E-state index in [-0.39, 0.29) is 0 Å². The first kappa shape index (κ1) is 13.4. The lowest BCUT2D eigenvalue weighted by molar-refractivity contribution is -0.139. The van der Waals surface area contributed by atoms with Gasteiger partial charge in [-0.2, -0.15) is 0 Å². The fraction of sp³-hybridized carbons (Fsp3) is 0.267. The van der Waals surface area contributed by atoms with E-state index >= 15 is 0 Å². The number of halogens is 1. The minimum absolute atomic E-state index is 0.478. The average molecular weight is 336 g/mol. The summed E-state index contributed by atoms with van der Waals surface area (Å²) < 4.78 is 6.33. The molecule has 104 valence electrons. The summed E-state index contributed by atoms with van der Waals surface area (Å²) in [4.78, 5) is 13.6. The molecular weight excluding hydrogens is 322 g/mol. The van der Waals surface area contributed by atoms with Gasteiger partial charge in [0.15, 0.2) is 0 Å². The van der Waals surface area contributed by atoms with Gasteiger partial charge in [-0.1, -0.05) is 24.3 Å². The number of carboxylic acid groups (broad SMARTS) is 1. The molecule has 0 saturated carbocycles. The van der Waals surface area contributed by atoms with Crippen molar-refractivity contribution in [3.05, 3.63) is 58.0 Å². The molecule has 3 rings (SSSR count). The smallest absolute Gasteiger partial charge is 0.312 e. The quantitative estimate of drug-likeness (QED) is 0.935. The van der Waals surface area contributed by atoms with E-state index in [2.05, 4.69) is 20.8 Å². The van der Waals surface area contributed by atoms with Crippen LogP contribution in [0.2, 0.25) is 0 Å². The third-order valence-corrected chi connectivity index (χ3v) is 4.33. The first-order chi connectivity index (χ1) is 9.65. The molecule has 0 saturated heterocycles. The third-order valence-electron chi connectivity index (χ3n) is 3.62. The summed E-state index contributed by atoms with van der Waals surface area (Å²) in [5.74, 6) is -0.428. The molecular formula is C15H14BrNO3. The third kappa shape index (κ3) is 2.51. The minimum Gasteiger partial charge on any atom is -0.481 e. The van der Waals surface area contributed by atoms with Gasteiger partial charge in [-0.3, -0.25) is 9.69 Å². The summed E-state index contributed by atoms with van der Waals surface area (Å²) in [5.41, 5.74) is 2.00. The van der Waals surface area contributed by atoms with Crippen molar-refractivity contribution < 1.29 is 14.3 Å². The van der Waals surface area contributed by atoms with Crippen LogP contribution in [-0.2, 0) is 17.9 Å². The largest absolute Gasteiger partial charge is 0.481 e. The fourth-order valence-corrected chi connectivity index (χ4v) is 2.98. The van der Waals surface area contributed by atoms with Gasteiger partial charge in [0.25, 0.3) is 0 Å². The number of rotatable bonds is 3. The van der Waals surface area contributed by atoms with Gasteiger partial charge < -0.3 is 9.52 Å². The van der Waals surface area contributed by atoms with E-state index in [1.165, 1.54) is 0 Å². The Bertz CT molecular complexity index is 638.